The van der Waals surface area contributed by atoms with Gasteiger partial charge < -0.3 is 10.3 Å². The number of nitrogens with one attached hydrogen (secondary N) is 2. The average molecular weight is 276 g/mol. The third kappa shape index (κ3) is 2.73. The zero-order chi connectivity index (χ0) is 13.9. The molecular formula is C15H24N4O. The zero-order valence-electron chi connectivity index (χ0n) is 12.2. The normalized spacial score (nSPS) is 21.6. The Morgan fingerprint density at radius 2 is 2.35 bits per heavy atom. The number of amides is 1. The molecular weight excluding hydrogens is 252 g/mol. The number of aromatic nitrogens is 2. The summed E-state index contributed by atoms with van der Waals surface area (Å²) < 4.78 is 0. The van der Waals surface area contributed by atoms with Crippen molar-refractivity contribution in [3.05, 3.63) is 17.7 Å². The number of H-pyrrole nitrogens is 1. The fourth-order valence-electron chi connectivity index (χ4n) is 3.48. The van der Waals surface area contributed by atoms with Crippen LogP contribution in [-0.4, -0.2) is 39.4 Å². The first-order chi connectivity index (χ1) is 9.78. The maximum Gasteiger partial charge on any atom is 0.237 e. The minimum absolute atomic E-state index is 0.00736. The molecule has 1 aliphatic heterocycles. The molecule has 2 heterocycles. The van der Waals surface area contributed by atoms with Crippen LogP contribution in [0.4, 0.5) is 0 Å². The first-order valence-corrected chi connectivity index (χ1v) is 7.83. The number of nitrogens with zero attached hydrogens (tertiary/aromatic N) is 2. The number of aromatic amines is 1. The summed E-state index contributed by atoms with van der Waals surface area (Å²) in [4.78, 5) is 22.3. The predicted molar refractivity (Wildman–Crippen MR) is 77.2 cm³/mol. The average Bonchev–Trinajstić information content (AvgIpc) is 3.09. The first-order valence-electron chi connectivity index (χ1n) is 7.83. The van der Waals surface area contributed by atoms with Gasteiger partial charge in [0.25, 0.3) is 0 Å². The fraction of sp³-hybridized carbons (Fsp3) is 0.733. The first kappa shape index (κ1) is 13.6. The highest BCUT2D eigenvalue weighted by molar-refractivity contribution is 5.82. The van der Waals surface area contributed by atoms with Crippen LogP contribution in [0.3, 0.4) is 0 Å². The van der Waals surface area contributed by atoms with Crippen LogP contribution < -0.4 is 5.32 Å². The van der Waals surface area contributed by atoms with E-state index in [1.54, 1.807) is 6.33 Å². The van der Waals surface area contributed by atoms with E-state index in [9.17, 15) is 4.79 Å². The van der Waals surface area contributed by atoms with Crippen LogP contribution in [0, 0.1) is 0 Å². The Balaban J connectivity index is 1.62. The van der Waals surface area contributed by atoms with E-state index in [0.717, 1.165) is 44.5 Å². The molecule has 1 aromatic rings. The van der Waals surface area contributed by atoms with Crippen molar-refractivity contribution in [2.45, 2.75) is 64.1 Å². The molecule has 0 spiro atoms. The monoisotopic (exact) mass is 276 g/mol. The van der Waals surface area contributed by atoms with Crippen molar-refractivity contribution < 1.29 is 4.79 Å². The van der Waals surface area contributed by atoms with E-state index >= 15 is 0 Å². The molecule has 1 aromatic heterocycles. The number of hydrogen-bond acceptors (Lipinski definition) is 3. The molecule has 110 valence electrons. The SMILES string of the molecule is CC[C@H](C(=O)NC1CCCC1)N1CCc2nc[nH]c2C1. The lowest BCUT2D eigenvalue weighted by atomic mass is 10.1. The number of hydrogen-bond donors (Lipinski definition) is 2. The minimum atomic E-state index is -0.00736. The molecule has 0 bridgehead atoms. The Kier molecular flexibility index (Phi) is 4.05. The second-order valence-corrected chi connectivity index (χ2v) is 5.96. The van der Waals surface area contributed by atoms with Crippen LogP contribution in [-0.2, 0) is 17.8 Å². The van der Waals surface area contributed by atoms with Crippen molar-refractivity contribution in [3.63, 3.8) is 0 Å². The highest BCUT2D eigenvalue weighted by Gasteiger charge is 2.30. The van der Waals surface area contributed by atoms with Gasteiger partial charge in [0.05, 0.1) is 23.8 Å². The lowest BCUT2D eigenvalue weighted by Gasteiger charge is -2.33. The molecule has 2 aliphatic rings. The summed E-state index contributed by atoms with van der Waals surface area (Å²) in [6.45, 7) is 3.84. The second-order valence-electron chi connectivity index (χ2n) is 5.96. The van der Waals surface area contributed by atoms with Crippen molar-refractivity contribution in [3.8, 4) is 0 Å². The maximum atomic E-state index is 12.5. The van der Waals surface area contributed by atoms with Gasteiger partial charge in [-0.3, -0.25) is 9.69 Å². The highest BCUT2D eigenvalue weighted by Crippen LogP contribution is 2.21. The van der Waals surface area contributed by atoms with E-state index in [0.29, 0.717) is 6.04 Å². The minimum Gasteiger partial charge on any atom is -0.352 e. The van der Waals surface area contributed by atoms with Gasteiger partial charge in [0.15, 0.2) is 0 Å². The van der Waals surface area contributed by atoms with Crippen LogP contribution in [0.25, 0.3) is 0 Å². The molecule has 1 amide bonds. The Labute approximate surface area is 120 Å². The third-order valence-corrected chi connectivity index (χ3v) is 4.64. The van der Waals surface area contributed by atoms with Crippen LogP contribution in [0.15, 0.2) is 6.33 Å². The summed E-state index contributed by atoms with van der Waals surface area (Å²) in [5, 5.41) is 3.24. The topological polar surface area (TPSA) is 61.0 Å². The predicted octanol–water partition coefficient (Wildman–Crippen LogP) is 1.61. The van der Waals surface area contributed by atoms with Gasteiger partial charge in [-0.2, -0.15) is 0 Å². The van der Waals surface area contributed by atoms with E-state index in [1.807, 2.05) is 0 Å². The molecule has 1 atom stereocenters. The molecule has 1 saturated carbocycles. The number of carbonyl (C=O) groups excluding carboxylic acids is 1. The lowest BCUT2D eigenvalue weighted by molar-refractivity contribution is -0.127. The smallest absolute Gasteiger partial charge is 0.237 e. The Bertz CT molecular complexity index is 464. The largest absolute Gasteiger partial charge is 0.352 e. The summed E-state index contributed by atoms with van der Waals surface area (Å²) >= 11 is 0. The summed E-state index contributed by atoms with van der Waals surface area (Å²) in [5.74, 6) is 0.211. The van der Waals surface area contributed by atoms with Gasteiger partial charge in [-0.15, -0.1) is 0 Å². The van der Waals surface area contributed by atoms with E-state index in [2.05, 4.69) is 27.1 Å². The molecule has 0 saturated heterocycles. The van der Waals surface area contributed by atoms with Crippen molar-refractivity contribution in [1.29, 1.82) is 0 Å². The molecule has 1 fully saturated rings. The summed E-state index contributed by atoms with van der Waals surface area (Å²) in [6.07, 6.45) is 8.35. The van der Waals surface area contributed by atoms with Crippen LogP contribution in [0.2, 0.25) is 0 Å². The van der Waals surface area contributed by atoms with Crippen LogP contribution in [0.1, 0.15) is 50.4 Å². The standard InChI is InChI=1S/C15H24N4O/c1-2-14(15(20)18-11-5-3-4-6-11)19-8-7-12-13(9-19)17-10-16-12/h10-11,14H,2-9H2,1H3,(H,16,17)(H,18,20)/t14-/m1/s1. The van der Waals surface area contributed by atoms with Gasteiger partial charge in [-0.1, -0.05) is 19.8 Å². The summed E-state index contributed by atoms with van der Waals surface area (Å²) in [7, 11) is 0. The molecule has 20 heavy (non-hydrogen) atoms. The quantitative estimate of drug-likeness (QED) is 0.878. The van der Waals surface area contributed by atoms with Gasteiger partial charge in [-0.05, 0) is 19.3 Å². The third-order valence-electron chi connectivity index (χ3n) is 4.64. The molecule has 0 unspecified atom stereocenters. The van der Waals surface area contributed by atoms with Gasteiger partial charge in [-0.25, -0.2) is 4.98 Å². The van der Waals surface area contributed by atoms with Crippen molar-refractivity contribution in [2.75, 3.05) is 6.54 Å². The zero-order valence-corrected chi connectivity index (χ0v) is 12.2. The van der Waals surface area contributed by atoms with E-state index in [-0.39, 0.29) is 11.9 Å². The summed E-state index contributed by atoms with van der Waals surface area (Å²) in [5.41, 5.74) is 2.33. The molecule has 5 heteroatoms. The number of carbonyl (C=O) groups is 1. The number of imidazole rings is 1. The van der Waals surface area contributed by atoms with E-state index < -0.39 is 0 Å². The Hall–Kier alpha value is -1.36. The van der Waals surface area contributed by atoms with Gasteiger partial charge in [0.1, 0.15) is 0 Å². The van der Waals surface area contributed by atoms with Crippen molar-refractivity contribution in [2.24, 2.45) is 0 Å². The van der Waals surface area contributed by atoms with Crippen molar-refractivity contribution >= 4 is 5.91 Å². The number of fused-ring (bicyclic) bond motifs is 1. The maximum absolute atomic E-state index is 12.5. The van der Waals surface area contributed by atoms with E-state index in [4.69, 9.17) is 0 Å². The highest BCUT2D eigenvalue weighted by atomic mass is 16.2. The molecule has 1 aliphatic carbocycles. The van der Waals surface area contributed by atoms with Gasteiger partial charge in [0, 0.05) is 25.6 Å². The lowest BCUT2D eigenvalue weighted by Crippen LogP contribution is -2.50. The van der Waals surface area contributed by atoms with Crippen LogP contribution in [0.5, 0.6) is 0 Å². The molecule has 0 aromatic carbocycles. The summed E-state index contributed by atoms with van der Waals surface area (Å²) in [6, 6.07) is 0.399. The van der Waals surface area contributed by atoms with E-state index in [1.165, 1.54) is 18.5 Å². The van der Waals surface area contributed by atoms with Crippen LogP contribution >= 0.6 is 0 Å². The molecule has 0 radical (unpaired) electrons. The molecule has 2 N–H and O–H groups in total. The number of rotatable bonds is 4. The Morgan fingerprint density at radius 3 is 3.10 bits per heavy atom. The second kappa shape index (κ2) is 5.95. The molecule has 5 nitrogen and oxygen atoms in total. The Morgan fingerprint density at radius 1 is 1.55 bits per heavy atom. The molecule has 3 rings (SSSR count). The fourth-order valence-corrected chi connectivity index (χ4v) is 3.48. The van der Waals surface area contributed by atoms with Gasteiger partial charge in [0.2, 0.25) is 5.91 Å². The van der Waals surface area contributed by atoms with Gasteiger partial charge >= 0.3 is 0 Å². The van der Waals surface area contributed by atoms with Crippen molar-refractivity contribution in [1.82, 2.24) is 20.2 Å².